The zero-order valence-corrected chi connectivity index (χ0v) is 19.8. The van der Waals surface area contributed by atoms with Gasteiger partial charge in [-0.2, -0.15) is 0 Å². The highest BCUT2D eigenvalue weighted by molar-refractivity contribution is 5.88. The van der Waals surface area contributed by atoms with Crippen LogP contribution in [0, 0.1) is 5.92 Å². The van der Waals surface area contributed by atoms with E-state index in [0.29, 0.717) is 0 Å². The van der Waals surface area contributed by atoms with Gasteiger partial charge in [0.25, 0.3) is 0 Å². The number of aryl methyl sites for hydroxylation is 1. The lowest BCUT2D eigenvalue weighted by molar-refractivity contribution is -0.130. The minimum Gasteiger partial charge on any atom is -0.497 e. The summed E-state index contributed by atoms with van der Waals surface area (Å²) in [7, 11) is 3.85. The van der Waals surface area contributed by atoms with Gasteiger partial charge in [-0.3, -0.25) is 9.69 Å². The molecule has 6 heteroatoms. The molecule has 3 aliphatic rings. The molecule has 1 saturated heterocycles. The number of hydrogen-bond acceptors (Lipinski definition) is 4. The number of rotatable bonds is 4. The number of nitrogens with zero attached hydrogens (tertiary/aromatic N) is 3. The van der Waals surface area contributed by atoms with Crippen molar-refractivity contribution in [2.24, 2.45) is 13.0 Å². The van der Waals surface area contributed by atoms with E-state index in [1.165, 1.54) is 47.8 Å². The number of fused-ring (bicyclic) bond motifs is 4. The van der Waals surface area contributed by atoms with Crippen LogP contribution in [0.5, 0.6) is 5.75 Å². The minimum atomic E-state index is 0.0135. The predicted octanol–water partition coefficient (Wildman–Crippen LogP) is 3.61. The summed E-state index contributed by atoms with van der Waals surface area (Å²) >= 11 is 0. The van der Waals surface area contributed by atoms with Gasteiger partial charge in [-0.15, -0.1) is 0 Å². The summed E-state index contributed by atoms with van der Waals surface area (Å²) in [6.07, 6.45) is 7.23. The standard InChI is InChI=1S/C26H37N3O3/c1-18(31)28-12-10-26(11-13-28)17-29(15-19-6-4-5-7-19)23(16-30)25-24(26)21-9-8-20(32-3)14-22(21)27(25)2/h8-9,14,19,23,30H,4-7,10-13,15-17H2,1-3H3/t23-/m1/s1. The molecular formula is C26H37N3O3. The van der Waals surface area contributed by atoms with Crippen molar-refractivity contribution in [3.05, 3.63) is 29.5 Å². The molecule has 174 valence electrons. The first-order valence-electron chi connectivity index (χ1n) is 12.2. The van der Waals surface area contributed by atoms with E-state index in [4.69, 9.17) is 4.74 Å². The van der Waals surface area contributed by atoms with Gasteiger partial charge in [0.15, 0.2) is 0 Å². The minimum absolute atomic E-state index is 0.0135. The highest BCUT2D eigenvalue weighted by atomic mass is 16.5. The fraction of sp³-hybridized carbons (Fsp3) is 0.654. The molecule has 1 N–H and O–H groups in total. The quantitative estimate of drug-likeness (QED) is 0.791. The summed E-state index contributed by atoms with van der Waals surface area (Å²) in [5, 5.41) is 11.9. The molecule has 1 spiro atoms. The summed E-state index contributed by atoms with van der Waals surface area (Å²) in [5.41, 5.74) is 3.85. The number of aliphatic hydroxyl groups is 1. The Hall–Kier alpha value is -2.05. The zero-order chi connectivity index (χ0) is 22.5. The summed E-state index contributed by atoms with van der Waals surface area (Å²) in [4.78, 5) is 16.6. The Morgan fingerprint density at radius 2 is 1.94 bits per heavy atom. The number of hydrogen-bond donors (Lipinski definition) is 1. The Kier molecular flexibility index (Phi) is 5.70. The van der Waals surface area contributed by atoms with Crippen molar-refractivity contribution in [3.8, 4) is 5.75 Å². The second-order valence-corrected chi connectivity index (χ2v) is 10.3. The maximum atomic E-state index is 12.1. The third-order valence-electron chi connectivity index (χ3n) is 8.55. The van der Waals surface area contributed by atoms with Crippen LogP contribution in [0.15, 0.2) is 18.2 Å². The first-order chi connectivity index (χ1) is 15.5. The number of ether oxygens (including phenoxy) is 1. The van der Waals surface area contributed by atoms with Gasteiger partial charge in [0.2, 0.25) is 5.91 Å². The molecule has 1 aliphatic carbocycles. The number of carbonyl (C=O) groups excluding carboxylic acids is 1. The van der Waals surface area contributed by atoms with E-state index in [-0.39, 0.29) is 24.0 Å². The van der Waals surface area contributed by atoms with Gasteiger partial charge in [-0.25, -0.2) is 0 Å². The van der Waals surface area contributed by atoms with Crippen LogP contribution in [0.25, 0.3) is 10.9 Å². The molecular weight excluding hydrogens is 402 g/mol. The van der Waals surface area contributed by atoms with E-state index in [0.717, 1.165) is 50.7 Å². The van der Waals surface area contributed by atoms with Crippen molar-refractivity contribution in [3.63, 3.8) is 0 Å². The van der Waals surface area contributed by atoms with Crippen molar-refractivity contribution in [2.75, 3.05) is 39.9 Å². The molecule has 6 nitrogen and oxygen atoms in total. The van der Waals surface area contributed by atoms with Gasteiger partial charge in [0.05, 0.1) is 25.3 Å². The van der Waals surface area contributed by atoms with Crippen LogP contribution in [0.4, 0.5) is 0 Å². The van der Waals surface area contributed by atoms with Gasteiger partial charge in [0, 0.05) is 62.7 Å². The van der Waals surface area contributed by atoms with Crippen molar-refractivity contribution in [1.82, 2.24) is 14.4 Å². The first kappa shape index (κ1) is 21.8. The van der Waals surface area contributed by atoms with Gasteiger partial charge in [0.1, 0.15) is 5.75 Å². The normalized spacial score (nSPS) is 23.8. The molecule has 1 aromatic heterocycles. The molecule has 0 radical (unpaired) electrons. The van der Waals surface area contributed by atoms with Crippen molar-refractivity contribution >= 4 is 16.8 Å². The SMILES string of the molecule is COc1ccc2c3c(n(C)c2c1)[C@@H](CO)N(CC1CCCC1)CC31CCN(C(C)=O)CC1. The summed E-state index contributed by atoms with van der Waals surface area (Å²) in [6.45, 7) is 5.47. The second-order valence-electron chi connectivity index (χ2n) is 10.3. The molecule has 1 atom stereocenters. The average Bonchev–Trinajstić information content (AvgIpc) is 3.41. The Morgan fingerprint density at radius 3 is 2.56 bits per heavy atom. The summed E-state index contributed by atoms with van der Waals surface area (Å²) in [5.74, 6) is 1.77. The number of benzene rings is 1. The van der Waals surface area contributed by atoms with Crippen LogP contribution in [-0.2, 0) is 17.3 Å². The number of likely N-dealkylation sites (tertiary alicyclic amines) is 1. The Labute approximate surface area is 191 Å². The van der Waals surface area contributed by atoms with Crippen molar-refractivity contribution < 1.29 is 14.6 Å². The highest BCUT2D eigenvalue weighted by Crippen LogP contribution is 2.50. The molecule has 2 fully saturated rings. The van der Waals surface area contributed by atoms with Crippen LogP contribution in [0.1, 0.15) is 62.7 Å². The number of methoxy groups -OCH3 is 1. The van der Waals surface area contributed by atoms with Crippen LogP contribution in [0.3, 0.4) is 0 Å². The Bertz CT molecular complexity index is 999. The molecule has 2 aromatic rings. The summed E-state index contributed by atoms with van der Waals surface area (Å²) in [6, 6.07) is 6.40. The molecule has 1 amide bonds. The van der Waals surface area contributed by atoms with Crippen LogP contribution >= 0.6 is 0 Å². The molecule has 5 rings (SSSR count). The Morgan fingerprint density at radius 1 is 1.22 bits per heavy atom. The number of aliphatic hydroxyl groups excluding tert-OH is 1. The monoisotopic (exact) mass is 439 g/mol. The van der Waals surface area contributed by atoms with E-state index in [1.54, 1.807) is 14.0 Å². The van der Waals surface area contributed by atoms with Gasteiger partial charge < -0.3 is 19.3 Å². The third-order valence-corrected chi connectivity index (χ3v) is 8.55. The third kappa shape index (κ3) is 3.43. The predicted molar refractivity (Wildman–Crippen MR) is 126 cm³/mol. The smallest absolute Gasteiger partial charge is 0.219 e. The lowest BCUT2D eigenvalue weighted by atomic mass is 9.68. The largest absolute Gasteiger partial charge is 0.497 e. The molecule has 1 saturated carbocycles. The van der Waals surface area contributed by atoms with E-state index < -0.39 is 0 Å². The van der Waals surface area contributed by atoms with E-state index in [1.807, 2.05) is 4.90 Å². The molecule has 0 unspecified atom stereocenters. The molecule has 3 heterocycles. The fourth-order valence-corrected chi connectivity index (χ4v) is 6.84. The number of piperidine rings is 1. The highest BCUT2D eigenvalue weighted by Gasteiger charge is 2.48. The van der Waals surface area contributed by atoms with Gasteiger partial charge in [-0.1, -0.05) is 12.8 Å². The van der Waals surface area contributed by atoms with Crippen LogP contribution < -0.4 is 4.74 Å². The maximum Gasteiger partial charge on any atom is 0.219 e. The second kappa shape index (κ2) is 8.38. The molecule has 0 bridgehead atoms. The lowest BCUT2D eigenvalue weighted by Crippen LogP contribution is -2.55. The van der Waals surface area contributed by atoms with Crippen molar-refractivity contribution in [2.45, 2.75) is 56.9 Å². The van der Waals surface area contributed by atoms with E-state index in [9.17, 15) is 9.90 Å². The fourth-order valence-electron chi connectivity index (χ4n) is 6.84. The average molecular weight is 440 g/mol. The first-order valence-corrected chi connectivity index (χ1v) is 12.2. The summed E-state index contributed by atoms with van der Waals surface area (Å²) < 4.78 is 7.83. The van der Waals surface area contributed by atoms with E-state index >= 15 is 0 Å². The molecule has 2 aliphatic heterocycles. The van der Waals surface area contributed by atoms with Crippen molar-refractivity contribution in [1.29, 1.82) is 0 Å². The van der Waals surface area contributed by atoms with Crippen LogP contribution in [0.2, 0.25) is 0 Å². The van der Waals surface area contributed by atoms with Gasteiger partial charge in [-0.05, 0) is 49.3 Å². The zero-order valence-electron chi connectivity index (χ0n) is 19.8. The van der Waals surface area contributed by atoms with E-state index in [2.05, 4.69) is 34.7 Å². The number of amides is 1. The lowest BCUT2D eigenvalue weighted by Gasteiger charge is -2.51. The molecule has 32 heavy (non-hydrogen) atoms. The number of carbonyl (C=O) groups is 1. The van der Waals surface area contributed by atoms with Crippen LogP contribution in [-0.4, -0.2) is 65.3 Å². The molecule has 1 aromatic carbocycles. The Balaban J connectivity index is 1.64. The maximum absolute atomic E-state index is 12.1. The van der Waals surface area contributed by atoms with Gasteiger partial charge >= 0.3 is 0 Å². The number of aromatic nitrogens is 1. The topological polar surface area (TPSA) is 57.9 Å².